The molecule has 0 bridgehead atoms. The summed E-state index contributed by atoms with van der Waals surface area (Å²) in [7, 11) is 3.83. The van der Waals surface area contributed by atoms with E-state index in [4.69, 9.17) is 0 Å². The largest absolute Gasteiger partial charge is 0.348 e. The summed E-state index contributed by atoms with van der Waals surface area (Å²) in [5, 5.41) is 2.62. The average Bonchev–Trinajstić information content (AvgIpc) is 2.31. The van der Waals surface area contributed by atoms with Gasteiger partial charge in [0.2, 0.25) is 5.78 Å². The zero-order valence-electron chi connectivity index (χ0n) is 11.4. The molecule has 0 spiro atoms. The second kappa shape index (κ2) is 6.31. The van der Waals surface area contributed by atoms with Crippen molar-refractivity contribution in [2.45, 2.75) is 13.8 Å². The first-order valence-electron chi connectivity index (χ1n) is 5.96. The standard InChI is InChI=1S/C14H20N2O2/c1-10-5-6-12(9-11(10)2)13(17)14(18)15-7-8-16(3)4/h5-6,9H,7-8H2,1-4H3,(H,15,18). The number of nitrogens with zero attached hydrogens (tertiary/aromatic N) is 1. The highest BCUT2D eigenvalue weighted by Gasteiger charge is 2.15. The molecule has 1 aromatic carbocycles. The Kier molecular flexibility index (Phi) is 5.04. The van der Waals surface area contributed by atoms with Crippen molar-refractivity contribution >= 4 is 11.7 Å². The molecule has 98 valence electrons. The first kappa shape index (κ1) is 14.4. The summed E-state index contributed by atoms with van der Waals surface area (Å²) in [5.74, 6) is -1.02. The molecule has 0 aliphatic rings. The molecule has 0 saturated carbocycles. The number of nitrogens with one attached hydrogen (secondary N) is 1. The van der Waals surface area contributed by atoms with Crippen LogP contribution in [0.1, 0.15) is 21.5 Å². The molecule has 1 rings (SSSR count). The van der Waals surface area contributed by atoms with Gasteiger partial charge in [-0.25, -0.2) is 0 Å². The minimum atomic E-state index is -0.542. The SMILES string of the molecule is Cc1ccc(C(=O)C(=O)NCCN(C)C)cc1C. The van der Waals surface area contributed by atoms with Crippen molar-refractivity contribution in [2.75, 3.05) is 27.2 Å². The fraction of sp³-hybridized carbons (Fsp3) is 0.429. The number of carbonyl (C=O) groups is 2. The van der Waals surface area contributed by atoms with Crippen LogP contribution in [0.2, 0.25) is 0 Å². The Balaban J connectivity index is 2.63. The Morgan fingerprint density at radius 1 is 1.17 bits per heavy atom. The Labute approximate surface area is 108 Å². The summed E-state index contributed by atoms with van der Waals surface area (Å²) in [6.45, 7) is 5.09. The number of rotatable bonds is 5. The van der Waals surface area contributed by atoms with Gasteiger partial charge in [-0.3, -0.25) is 9.59 Å². The van der Waals surface area contributed by atoms with Crippen LogP contribution in [-0.2, 0) is 4.79 Å². The van der Waals surface area contributed by atoms with E-state index in [0.29, 0.717) is 18.7 Å². The molecular weight excluding hydrogens is 228 g/mol. The average molecular weight is 248 g/mol. The van der Waals surface area contributed by atoms with Crippen LogP contribution in [0.15, 0.2) is 18.2 Å². The lowest BCUT2D eigenvalue weighted by atomic mass is 10.0. The van der Waals surface area contributed by atoms with Crippen molar-refractivity contribution in [3.63, 3.8) is 0 Å². The van der Waals surface area contributed by atoms with E-state index in [-0.39, 0.29) is 0 Å². The minimum absolute atomic E-state index is 0.445. The molecule has 0 fully saturated rings. The summed E-state index contributed by atoms with van der Waals surface area (Å²) in [6.07, 6.45) is 0. The van der Waals surface area contributed by atoms with Gasteiger partial charge in [0.15, 0.2) is 0 Å². The summed E-state index contributed by atoms with van der Waals surface area (Å²) < 4.78 is 0. The van der Waals surface area contributed by atoms with Gasteiger partial charge in [-0.2, -0.15) is 0 Å². The molecular formula is C14H20N2O2. The molecule has 0 aliphatic heterocycles. The Hall–Kier alpha value is -1.68. The van der Waals surface area contributed by atoms with Crippen LogP contribution in [0, 0.1) is 13.8 Å². The fourth-order valence-corrected chi connectivity index (χ4v) is 1.49. The van der Waals surface area contributed by atoms with Gasteiger partial charge in [0.1, 0.15) is 0 Å². The first-order chi connectivity index (χ1) is 8.41. The van der Waals surface area contributed by atoms with Gasteiger partial charge in [-0.05, 0) is 45.1 Å². The van der Waals surface area contributed by atoms with Gasteiger partial charge in [0.25, 0.3) is 5.91 Å². The third-order valence-electron chi connectivity index (χ3n) is 2.82. The van der Waals surface area contributed by atoms with Crippen molar-refractivity contribution in [1.82, 2.24) is 10.2 Å². The van der Waals surface area contributed by atoms with E-state index >= 15 is 0 Å². The van der Waals surface area contributed by atoms with Crippen LogP contribution in [0.4, 0.5) is 0 Å². The monoisotopic (exact) mass is 248 g/mol. The van der Waals surface area contributed by atoms with Crippen molar-refractivity contribution in [1.29, 1.82) is 0 Å². The summed E-state index contributed by atoms with van der Waals surface area (Å²) in [6, 6.07) is 5.30. The molecule has 0 saturated heterocycles. The Morgan fingerprint density at radius 3 is 2.39 bits per heavy atom. The number of hydrogen-bond acceptors (Lipinski definition) is 3. The van der Waals surface area contributed by atoms with E-state index in [1.807, 2.05) is 38.9 Å². The lowest BCUT2D eigenvalue weighted by molar-refractivity contribution is -0.117. The first-order valence-corrected chi connectivity index (χ1v) is 5.96. The highest BCUT2D eigenvalue weighted by atomic mass is 16.2. The quantitative estimate of drug-likeness (QED) is 0.628. The van der Waals surface area contributed by atoms with Gasteiger partial charge in [-0.1, -0.05) is 12.1 Å². The van der Waals surface area contributed by atoms with Crippen LogP contribution in [0.25, 0.3) is 0 Å². The van der Waals surface area contributed by atoms with Crippen molar-refractivity contribution < 1.29 is 9.59 Å². The van der Waals surface area contributed by atoms with Crippen LogP contribution >= 0.6 is 0 Å². The molecule has 4 heteroatoms. The molecule has 4 nitrogen and oxygen atoms in total. The number of Topliss-reactive ketones (excluding diaryl/α,β-unsaturated/α-hetero) is 1. The number of amides is 1. The van der Waals surface area contributed by atoms with Crippen molar-refractivity contribution in [2.24, 2.45) is 0 Å². The topological polar surface area (TPSA) is 49.4 Å². The van der Waals surface area contributed by atoms with Crippen LogP contribution < -0.4 is 5.32 Å². The number of likely N-dealkylation sites (N-methyl/N-ethyl adjacent to an activating group) is 1. The zero-order chi connectivity index (χ0) is 13.7. The molecule has 0 heterocycles. The van der Waals surface area contributed by atoms with Gasteiger partial charge in [-0.15, -0.1) is 0 Å². The van der Waals surface area contributed by atoms with Gasteiger partial charge < -0.3 is 10.2 Å². The summed E-state index contributed by atoms with van der Waals surface area (Å²) in [4.78, 5) is 25.4. The third-order valence-corrected chi connectivity index (χ3v) is 2.82. The highest BCUT2D eigenvalue weighted by molar-refractivity contribution is 6.42. The van der Waals surface area contributed by atoms with Gasteiger partial charge >= 0.3 is 0 Å². The third kappa shape index (κ3) is 3.96. The number of aryl methyl sites for hydroxylation is 2. The molecule has 0 unspecified atom stereocenters. The number of ketones is 1. The van der Waals surface area contributed by atoms with Crippen LogP contribution in [0.5, 0.6) is 0 Å². The molecule has 0 aromatic heterocycles. The van der Waals surface area contributed by atoms with Crippen LogP contribution in [-0.4, -0.2) is 43.8 Å². The second-order valence-corrected chi connectivity index (χ2v) is 4.69. The lowest BCUT2D eigenvalue weighted by Crippen LogP contribution is -2.35. The van der Waals surface area contributed by atoms with E-state index in [1.165, 1.54) is 0 Å². The predicted molar refractivity (Wildman–Crippen MR) is 71.8 cm³/mol. The normalized spacial score (nSPS) is 10.5. The van der Waals surface area contributed by atoms with Gasteiger partial charge in [0.05, 0.1) is 0 Å². The van der Waals surface area contributed by atoms with E-state index in [9.17, 15) is 9.59 Å². The number of carbonyl (C=O) groups excluding carboxylic acids is 2. The van der Waals surface area contributed by atoms with E-state index in [1.54, 1.807) is 12.1 Å². The fourth-order valence-electron chi connectivity index (χ4n) is 1.49. The van der Waals surface area contributed by atoms with Crippen LogP contribution in [0.3, 0.4) is 0 Å². The zero-order valence-corrected chi connectivity index (χ0v) is 11.4. The van der Waals surface area contributed by atoms with E-state index in [2.05, 4.69) is 5.32 Å². The van der Waals surface area contributed by atoms with Gasteiger partial charge in [0, 0.05) is 18.7 Å². The molecule has 1 N–H and O–H groups in total. The Morgan fingerprint density at radius 2 is 1.83 bits per heavy atom. The Bertz CT molecular complexity index is 453. The van der Waals surface area contributed by atoms with Crippen molar-refractivity contribution in [3.8, 4) is 0 Å². The summed E-state index contributed by atoms with van der Waals surface area (Å²) in [5.41, 5.74) is 2.57. The summed E-state index contributed by atoms with van der Waals surface area (Å²) >= 11 is 0. The second-order valence-electron chi connectivity index (χ2n) is 4.69. The molecule has 1 amide bonds. The van der Waals surface area contributed by atoms with E-state index < -0.39 is 11.7 Å². The molecule has 18 heavy (non-hydrogen) atoms. The number of benzene rings is 1. The maximum Gasteiger partial charge on any atom is 0.292 e. The molecule has 1 aromatic rings. The minimum Gasteiger partial charge on any atom is -0.348 e. The maximum atomic E-state index is 11.9. The molecule has 0 atom stereocenters. The van der Waals surface area contributed by atoms with Crippen molar-refractivity contribution in [3.05, 3.63) is 34.9 Å². The maximum absolute atomic E-state index is 11.9. The van der Waals surface area contributed by atoms with E-state index in [0.717, 1.165) is 11.1 Å². The molecule has 0 aliphatic carbocycles. The molecule has 0 radical (unpaired) electrons. The highest BCUT2D eigenvalue weighted by Crippen LogP contribution is 2.10. The lowest BCUT2D eigenvalue weighted by Gasteiger charge is -2.10. The number of hydrogen-bond donors (Lipinski definition) is 1. The predicted octanol–water partition coefficient (Wildman–Crippen LogP) is 1.16. The smallest absolute Gasteiger partial charge is 0.292 e.